The topological polar surface area (TPSA) is 99.1 Å². The van der Waals surface area contributed by atoms with Gasteiger partial charge in [0.15, 0.2) is 11.5 Å². The standard InChI is InChI=1S/C27H26N4O4/c1-4-35-27(33)23-14-20-10-16(2)25(24(32)12-17-8-9-22-19(11-17)15-28-29-22)26(31(20)30-23)18-6-5-7-21(13-18)34-3/h5-9,11,13-15,26H,4,10,12H2,1-3H3,(H,28,29). The average molecular weight is 471 g/mol. The molecular formula is C27H26N4O4. The fraction of sp³-hybridized carbons (Fsp3) is 0.259. The van der Waals surface area contributed by atoms with E-state index in [-0.39, 0.29) is 24.5 Å². The highest BCUT2D eigenvalue weighted by Crippen LogP contribution is 2.37. The number of benzene rings is 2. The van der Waals surface area contributed by atoms with Gasteiger partial charge in [0, 0.05) is 29.5 Å². The third-order valence-electron chi connectivity index (χ3n) is 6.30. The van der Waals surface area contributed by atoms with Crippen LogP contribution in [0.2, 0.25) is 0 Å². The zero-order valence-electron chi connectivity index (χ0n) is 19.9. The zero-order valence-corrected chi connectivity index (χ0v) is 19.9. The zero-order chi connectivity index (χ0) is 24.5. The Morgan fingerprint density at radius 2 is 2.03 bits per heavy atom. The predicted molar refractivity (Wildman–Crippen MR) is 131 cm³/mol. The van der Waals surface area contributed by atoms with E-state index in [9.17, 15) is 9.59 Å². The molecule has 1 aliphatic heterocycles. The van der Waals surface area contributed by atoms with Crippen molar-refractivity contribution in [3.63, 3.8) is 0 Å². The van der Waals surface area contributed by atoms with Crippen molar-refractivity contribution < 1.29 is 19.1 Å². The minimum absolute atomic E-state index is 0.0111. The molecule has 0 saturated heterocycles. The van der Waals surface area contributed by atoms with Crippen molar-refractivity contribution in [3.05, 3.63) is 88.4 Å². The molecule has 0 radical (unpaired) electrons. The summed E-state index contributed by atoms with van der Waals surface area (Å²) >= 11 is 0. The number of ketones is 1. The summed E-state index contributed by atoms with van der Waals surface area (Å²) in [6, 6.07) is 14.7. The van der Waals surface area contributed by atoms with Crippen molar-refractivity contribution >= 4 is 22.7 Å². The van der Waals surface area contributed by atoms with Crippen molar-refractivity contribution in [1.82, 2.24) is 20.0 Å². The Bertz CT molecular complexity index is 1460. The van der Waals surface area contributed by atoms with E-state index in [1.165, 1.54) is 0 Å². The van der Waals surface area contributed by atoms with Gasteiger partial charge in [-0.3, -0.25) is 14.6 Å². The molecule has 2 aromatic carbocycles. The van der Waals surface area contributed by atoms with Crippen LogP contribution in [0.5, 0.6) is 5.75 Å². The minimum atomic E-state index is -0.484. The molecule has 0 saturated carbocycles. The second-order valence-corrected chi connectivity index (χ2v) is 8.63. The van der Waals surface area contributed by atoms with Gasteiger partial charge in [0.05, 0.1) is 25.4 Å². The van der Waals surface area contributed by atoms with Crippen LogP contribution in [-0.4, -0.2) is 45.4 Å². The molecule has 1 aliphatic rings. The third-order valence-corrected chi connectivity index (χ3v) is 6.30. The summed E-state index contributed by atoms with van der Waals surface area (Å²) in [6.45, 7) is 4.00. The number of carbonyl (C=O) groups excluding carboxylic acids is 2. The van der Waals surface area contributed by atoms with Crippen molar-refractivity contribution in [2.24, 2.45) is 0 Å². The van der Waals surface area contributed by atoms with E-state index in [0.717, 1.165) is 33.3 Å². The van der Waals surface area contributed by atoms with Gasteiger partial charge in [-0.15, -0.1) is 0 Å². The maximum Gasteiger partial charge on any atom is 0.358 e. The summed E-state index contributed by atoms with van der Waals surface area (Å²) in [4.78, 5) is 26.2. The first-order valence-electron chi connectivity index (χ1n) is 11.5. The lowest BCUT2D eigenvalue weighted by atomic mass is 9.85. The SMILES string of the molecule is CCOC(=O)c1cc2n(n1)C(c1cccc(OC)c1)C(C(=O)Cc1ccc3[nH]ncc3c1)=C(C)C2. The number of nitrogens with one attached hydrogen (secondary N) is 1. The molecule has 4 aromatic rings. The molecule has 5 rings (SSSR count). The molecule has 8 heteroatoms. The highest BCUT2D eigenvalue weighted by atomic mass is 16.5. The number of allylic oxidation sites excluding steroid dienone is 2. The van der Waals surface area contributed by atoms with Gasteiger partial charge < -0.3 is 9.47 Å². The van der Waals surface area contributed by atoms with E-state index < -0.39 is 12.0 Å². The van der Waals surface area contributed by atoms with Crippen molar-refractivity contribution in [2.45, 2.75) is 32.7 Å². The second kappa shape index (κ2) is 9.21. The largest absolute Gasteiger partial charge is 0.497 e. The molecule has 35 heavy (non-hydrogen) atoms. The van der Waals surface area contributed by atoms with Crippen LogP contribution < -0.4 is 4.74 Å². The monoisotopic (exact) mass is 470 g/mol. The lowest BCUT2D eigenvalue weighted by Gasteiger charge is -2.29. The number of fused-ring (bicyclic) bond motifs is 2. The van der Waals surface area contributed by atoms with Crippen molar-refractivity contribution in [1.29, 1.82) is 0 Å². The minimum Gasteiger partial charge on any atom is -0.497 e. The number of nitrogens with zero attached hydrogens (tertiary/aromatic N) is 3. The number of hydrogen-bond acceptors (Lipinski definition) is 6. The van der Waals surface area contributed by atoms with Crippen LogP contribution >= 0.6 is 0 Å². The molecule has 1 N–H and O–H groups in total. The Morgan fingerprint density at radius 1 is 1.17 bits per heavy atom. The number of carbonyl (C=O) groups is 2. The molecule has 0 amide bonds. The van der Waals surface area contributed by atoms with E-state index in [4.69, 9.17) is 9.47 Å². The van der Waals surface area contributed by atoms with E-state index in [0.29, 0.717) is 17.7 Å². The van der Waals surface area contributed by atoms with Crippen LogP contribution in [0, 0.1) is 0 Å². The summed E-state index contributed by atoms with van der Waals surface area (Å²) in [6.07, 6.45) is 2.52. The molecule has 3 heterocycles. The maximum absolute atomic E-state index is 13.8. The summed E-state index contributed by atoms with van der Waals surface area (Å²) in [7, 11) is 1.61. The number of aromatic nitrogens is 4. The van der Waals surface area contributed by atoms with Crippen LogP contribution in [0.25, 0.3) is 10.9 Å². The summed E-state index contributed by atoms with van der Waals surface area (Å²) in [5, 5.41) is 12.6. The van der Waals surface area contributed by atoms with Crippen LogP contribution in [-0.2, 0) is 22.4 Å². The number of ether oxygens (including phenoxy) is 2. The fourth-order valence-corrected chi connectivity index (χ4v) is 4.71. The normalized spacial score (nSPS) is 15.2. The Kier molecular flexibility index (Phi) is 5.94. The third kappa shape index (κ3) is 4.23. The van der Waals surface area contributed by atoms with Gasteiger partial charge in [-0.2, -0.15) is 10.2 Å². The molecule has 1 atom stereocenters. The number of H-pyrrole nitrogens is 1. The fourth-order valence-electron chi connectivity index (χ4n) is 4.71. The van der Waals surface area contributed by atoms with Gasteiger partial charge in [0.1, 0.15) is 11.8 Å². The summed E-state index contributed by atoms with van der Waals surface area (Å²) in [5.41, 5.74) is 5.42. The molecule has 8 nitrogen and oxygen atoms in total. The lowest BCUT2D eigenvalue weighted by molar-refractivity contribution is -0.115. The first-order chi connectivity index (χ1) is 17.0. The van der Waals surface area contributed by atoms with Gasteiger partial charge in [-0.05, 0) is 55.3 Å². The number of methoxy groups -OCH3 is 1. The van der Waals surface area contributed by atoms with Gasteiger partial charge >= 0.3 is 5.97 Å². The Balaban J connectivity index is 1.57. The summed E-state index contributed by atoms with van der Waals surface area (Å²) < 4.78 is 12.4. The summed E-state index contributed by atoms with van der Waals surface area (Å²) in [5.74, 6) is 0.219. The highest BCUT2D eigenvalue weighted by molar-refractivity contribution is 5.99. The van der Waals surface area contributed by atoms with Crippen LogP contribution in [0.3, 0.4) is 0 Å². The average Bonchev–Trinajstić information content (AvgIpc) is 3.49. The van der Waals surface area contributed by atoms with Crippen LogP contribution in [0.4, 0.5) is 0 Å². The Hall–Kier alpha value is -4.20. The molecule has 0 aliphatic carbocycles. The first-order valence-corrected chi connectivity index (χ1v) is 11.5. The molecule has 1 unspecified atom stereocenters. The number of rotatable bonds is 7. The van der Waals surface area contributed by atoms with Gasteiger partial charge in [-0.1, -0.05) is 23.8 Å². The second-order valence-electron chi connectivity index (χ2n) is 8.63. The lowest BCUT2D eigenvalue weighted by Crippen LogP contribution is -2.28. The number of esters is 1. The van der Waals surface area contributed by atoms with Crippen LogP contribution in [0.15, 0.2) is 65.9 Å². The molecule has 0 bridgehead atoms. The highest BCUT2D eigenvalue weighted by Gasteiger charge is 2.34. The Labute approximate surface area is 202 Å². The molecule has 178 valence electrons. The number of aromatic amines is 1. The van der Waals surface area contributed by atoms with Gasteiger partial charge in [-0.25, -0.2) is 4.79 Å². The first kappa shape index (κ1) is 22.6. The van der Waals surface area contributed by atoms with Crippen LogP contribution in [0.1, 0.15) is 47.2 Å². The van der Waals surface area contributed by atoms with Crippen molar-refractivity contribution in [3.8, 4) is 5.75 Å². The number of hydrogen-bond donors (Lipinski definition) is 1. The molecule has 0 spiro atoms. The molecular weight excluding hydrogens is 444 g/mol. The van der Waals surface area contributed by atoms with Gasteiger partial charge in [0.25, 0.3) is 0 Å². The smallest absolute Gasteiger partial charge is 0.358 e. The van der Waals surface area contributed by atoms with Crippen molar-refractivity contribution in [2.75, 3.05) is 13.7 Å². The van der Waals surface area contributed by atoms with E-state index in [1.54, 1.807) is 31.0 Å². The van der Waals surface area contributed by atoms with E-state index in [2.05, 4.69) is 15.3 Å². The van der Waals surface area contributed by atoms with E-state index in [1.807, 2.05) is 49.4 Å². The molecule has 0 fully saturated rings. The maximum atomic E-state index is 13.8. The van der Waals surface area contributed by atoms with E-state index >= 15 is 0 Å². The number of Topliss-reactive ketones (excluding diaryl/α,β-unsaturated/α-hetero) is 1. The van der Waals surface area contributed by atoms with Gasteiger partial charge in [0.2, 0.25) is 0 Å². The quantitative estimate of drug-likeness (QED) is 0.406. The Morgan fingerprint density at radius 3 is 2.83 bits per heavy atom. The predicted octanol–water partition coefficient (Wildman–Crippen LogP) is 4.22. The molecule has 2 aromatic heterocycles.